The molecule has 0 spiro atoms. The van der Waals surface area contributed by atoms with E-state index in [-0.39, 0.29) is 17.7 Å². The van der Waals surface area contributed by atoms with E-state index in [2.05, 4.69) is 5.10 Å². The van der Waals surface area contributed by atoms with Crippen molar-refractivity contribution in [3.05, 3.63) is 46.2 Å². The van der Waals surface area contributed by atoms with Gasteiger partial charge in [-0.3, -0.25) is 9.59 Å². The van der Waals surface area contributed by atoms with Crippen LogP contribution in [0.4, 0.5) is 0 Å². The van der Waals surface area contributed by atoms with Gasteiger partial charge < -0.3 is 9.80 Å². The molecule has 0 saturated carbocycles. The number of aryl methyl sites for hydroxylation is 1. The predicted molar refractivity (Wildman–Crippen MR) is 117 cm³/mol. The molecule has 6 nitrogen and oxygen atoms in total. The second-order valence-electron chi connectivity index (χ2n) is 8.40. The molecule has 1 aromatic heterocycles. The van der Waals surface area contributed by atoms with Crippen molar-refractivity contribution >= 4 is 23.4 Å². The van der Waals surface area contributed by atoms with E-state index in [1.165, 1.54) is 6.42 Å². The first-order valence-electron chi connectivity index (χ1n) is 10.9. The van der Waals surface area contributed by atoms with E-state index >= 15 is 0 Å². The smallest absolute Gasteiger partial charge is 0.253 e. The number of likely N-dealkylation sites (tertiary alicyclic amines) is 2. The lowest BCUT2D eigenvalue weighted by Gasteiger charge is -2.35. The van der Waals surface area contributed by atoms with Gasteiger partial charge in [-0.25, -0.2) is 4.68 Å². The average molecular weight is 429 g/mol. The Labute approximate surface area is 182 Å². The Bertz CT molecular complexity index is 923. The zero-order valence-electron chi connectivity index (χ0n) is 17.7. The molecule has 2 aliphatic heterocycles. The number of piperidine rings is 2. The van der Waals surface area contributed by atoms with Crippen LogP contribution >= 0.6 is 11.6 Å². The number of hydrogen-bond donors (Lipinski definition) is 0. The summed E-state index contributed by atoms with van der Waals surface area (Å²) < 4.78 is 1.80. The molecule has 3 heterocycles. The Hall–Kier alpha value is -2.34. The summed E-state index contributed by atoms with van der Waals surface area (Å²) in [5, 5.41) is 5.13. The van der Waals surface area contributed by atoms with Crippen LogP contribution in [0.15, 0.2) is 24.3 Å². The molecule has 0 atom stereocenters. The highest BCUT2D eigenvalue weighted by atomic mass is 35.5. The fourth-order valence-electron chi connectivity index (χ4n) is 4.50. The van der Waals surface area contributed by atoms with Gasteiger partial charge in [-0.2, -0.15) is 5.10 Å². The normalized spacial score (nSPS) is 18.0. The number of benzene rings is 1. The topological polar surface area (TPSA) is 58.4 Å². The summed E-state index contributed by atoms with van der Waals surface area (Å²) in [5.74, 6) is 0.372. The van der Waals surface area contributed by atoms with Gasteiger partial charge in [-0.15, -0.1) is 0 Å². The molecule has 30 heavy (non-hydrogen) atoms. The van der Waals surface area contributed by atoms with Crippen molar-refractivity contribution in [3.63, 3.8) is 0 Å². The van der Waals surface area contributed by atoms with Crippen LogP contribution in [0, 0.1) is 19.8 Å². The number of nitrogens with zero attached hydrogens (tertiary/aromatic N) is 4. The molecule has 2 aliphatic rings. The van der Waals surface area contributed by atoms with Crippen molar-refractivity contribution in [3.8, 4) is 5.69 Å². The van der Waals surface area contributed by atoms with E-state index in [9.17, 15) is 9.59 Å². The number of rotatable bonds is 3. The lowest BCUT2D eigenvalue weighted by molar-refractivity contribution is -0.137. The number of hydrogen-bond acceptors (Lipinski definition) is 3. The third kappa shape index (κ3) is 4.10. The van der Waals surface area contributed by atoms with Gasteiger partial charge in [-0.05, 0) is 70.2 Å². The van der Waals surface area contributed by atoms with Crippen molar-refractivity contribution in [2.75, 3.05) is 26.2 Å². The lowest BCUT2D eigenvalue weighted by Crippen LogP contribution is -2.45. The van der Waals surface area contributed by atoms with E-state index in [0.29, 0.717) is 23.7 Å². The SMILES string of the molecule is Cc1nn(-c2ccc(C(=O)N3CCC(C(=O)N4CCCCC4)CC3)cc2)c(C)c1Cl. The maximum absolute atomic E-state index is 12.9. The molecule has 7 heteroatoms. The summed E-state index contributed by atoms with van der Waals surface area (Å²) in [4.78, 5) is 29.6. The minimum atomic E-state index is 0.0248. The largest absolute Gasteiger partial charge is 0.342 e. The van der Waals surface area contributed by atoms with E-state index in [0.717, 1.165) is 55.8 Å². The molecule has 2 amide bonds. The zero-order valence-corrected chi connectivity index (χ0v) is 18.5. The van der Waals surface area contributed by atoms with Gasteiger partial charge in [0.15, 0.2) is 0 Å². The standard InChI is InChI=1S/C23H29ClN4O2/c1-16-21(24)17(2)28(25-16)20-8-6-18(7-9-20)22(29)27-14-10-19(11-15-27)23(30)26-12-4-3-5-13-26/h6-9,19H,3-5,10-15H2,1-2H3. The summed E-state index contributed by atoms with van der Waals surface area (Å²) in [5.41, 5.74) is 3.21. The molecule has 2 aromatic rings. The Balaban J connectivity index is 1.37. The molecule has 0 unspecified atom stereocenters. The van der Waals surface area contributed by atoms with Crippen LogP contribution in [0.25, 0.3) is 5.69 Å². The Morgan fingerprint density at radius 1 is 0.933 bits per heavy atom. The van der Waals surface area contributed by atoms with Crippen molar-refractivity contribution in [1.29, 1.82) is 0 Å². The quantitative estimate of drug-likeness (QED) is 0.742. The third-order valence-corrected chi connectivity index (χ3v) is 6.91. The van der Waals surface area contributed by atoms with Gasteiger partial charge >= 0.3 is 0 Å². The van der Waals surface area contributed by atoms with E-state index in [1.807, 2.05) is 47.9 Å². The molecule has 160 valence electrons. The number of halogens is 1. The minimum Gasteiger partial charge on any atom is -0.342 e. The fourth-order valence-corrected chi connectivity index (χ4v) is 4.62. The van der Waals surface area contributed by atoms with Crippen molar-refractivity contribution in [1.82, 2.24) is 19.6 Å². The second-order valence-corrected chi connectivity index (χ2v) is 8.77. The number of carbonyl (C=O) groups excluding carboxylic acids is 2. The van der Waals surface area contributed by atoms with Gasteiger partial charge in [0, 0.05) is 37.7 Å². The molecule has 2 saturated heterocycles. The Morgan fingerprint density at radius 2 is 1.57 bits per heavy atom. The average Bonchev–Trinajstić information content (AvgIpc) is 3.06. The fraction of sp³-hybridized carbons (Fsp3) is 0.522. The molecular weight excluding hydrogens is 400 g/mol. The maximum Gasteiger partial charge on any atom is 0.253 e. The van der Waals surface area contributed by atoms with Crippen LogP contribution < -0.4 is 0 Å². The number of aromatic nitrogens is 2. The highest BCUT2D eigenvalue weighted by Gasteiger charge is 2.31. The second kappa shape index (κ2) is 8.80. The minimum absolute atomic E-state index is 0.0248. The first-order valence-corrected chi connectivity index (χ1v) is 11.2. The van der Waals surface area contributed by atoms with Crippen molar-refractivity contribution in [2.45, 2.75) is 46.0 Å². The molecule has 0 bridgehead atoms. The molecule has 2 fully saturated rings. The summed E-state index contributed by atoms with van der Waals surface area (Å²) in [7, 11) is 0. The molecule has 0 radical (unpaired) electrons. The predicted octanol–water partition coefficient (Wildman–Crippen LogP) is 4.01. The van der Waals surface area contributed by atoms with Crippen molar-refractivity contribution < 1.29 is 9.59 Å². The van der Waals surface area contributed by atoms with Gasteiger partial charge in [0.1, 0.15) is 0 Å². The van der Waals surface area contributed by atoms with Crippen LogP contribution in [-0.4, -0.2) is 57.6 Å². The van der Waals surface area contributed by atoms with E-state index in [4.69, 9.17) is 11.6 Å². The number of carbonyl (C=O) groups is 2. The van der Waals surface area contributed by atoms with Crippen molar-refractivity contribution in [2.24, 2.45) is 5.92 Å². The highest BCUT2D eigenvalue weighted by Crippen LogP contribution is 2.25. The lowest BCUT2D eigenvalue weighted by atomic mass is 9.94. The molecule has 0 N–H and O–H groups in total. The monoisotopic (exact) mass is 428 g/mol. The molecule has 1 aromatic carbocycles. The van der Waals surface area contributed by atoms with Gasteiger partial charge in [0.25, 0.3) is 5.91 Å². The number of amides is 2. The van der Waals surface area contributed by atoms with Crippen LogP contribution in [-0.2, 0) is 4.79 Å². The summed E-state index contributed by atoms with van der Waals surface area (Å²) in [6.45, 7) is 6.87. The maximum atomic E-state index is 12.9. The molecule has 4 rings (SSSR count). The van der Waals surface area contributed by atoms with Gasteiger partial charge in [-0.1, -0.05) is 11.6 Å². The third-order valence-electron chi connectivity index (χ3n) is 6.36. The van der Waals surface area contributed by atoms with E-state index < -0.39 is 0 Å². The molecule has 0 aliphatic carbocycles. The van der Waals surface area contributed by atoms with Gasteiger partial charge in [0.2, 0.25) is 5.91 Å². The summed E-state index contributed by atoms with van der Waals surface area (Å²) in [6.07, 6.45) is 4.96. The first-order chi connectivity index (χ1) is 14.5. The highest BCUT2D eigenvalue weighted by molar-refractivity contribution is 6.31. The van der Waals surface area contributed by atoms with Crippen LogP contribution in [0.5, 0.6) is 0 Å². The van der Waals surface area contributed by atoms with Crippen LogP contribution in [0.1, 0.15) is 53.8 Å². The van der Waals surface area contributed by atoms with Gasteiger partial charge in [0.05, 0.1) is 22.1 Å². The first kappa shape index (κ1) is 20.9. The zero-order chi connectivity index (χ0) is 21.3. The van der Waals surface area contributed by atoms with Crippen LogP contribution in [0.3, 0.4) is 0 Å². The Morgan fingerprint density at radius 3 is 2.13 bits per heavy atom. The summed E-state index contributed by atoms with van der Waals surface area (Å²) in [6, 6.07) is 7.48. The molecular formula is C23H29ClN4O2. The van der Waals surface area contributed by atoms with Crippen LogP contribution in [0.2, 0.25) is 5.02 Å². The Kier molecular flexibility index (Phi) is 6.14. The summed E-state index contributed by atoms with van der Waals surface area (Å²) >= 11 is 6.24. The van der Waals surface area contributed by atoms with E-state index in [1.54, 1.807) is 4.68 Å².